The Labute approximate surface area is 106 Å². The van der Waals surface area contributed by atoms with Crippen LogP contribution in [0.5, 0.6) is 0 Å². The number of ether oxygens (including phenoxy) is 1. The summed E-state index contributed by atoms with van der Waals surface area (Å²) in [6, 6.07) is 4.82. The number of hydrogen-bond donors (Lipinski definition) is 1. The fourth-order valence-corrected chi connectivity index (χ4v) is 2.10. The van der Waals surface area contributed by atoms with Crippen molar-refractivity contribution >= 4 is 11.4 Å². The molecular weight excluding hydrogens is 232 g/mol. The average molecular weight is 250 g/mol. The SMILES string of the molecule is Nc1c(COCCC2CCC2)cccc1[N+](=O)[O-]. The zero-order valence-electron chi connectivity index (χ0n) is 10.3. The van der Waals surface area contributed by atoms with Gasteiger partial charge in [-0.3, -0.25) is 10.1 Å². The van der Waals surface area contributed by atoms with Crippen molar-refractivity contribution in [2.24, 2.45) is 5.92 Å². The van der Waals surface area contributed by atoms with E-state index >= 15 is 0 Å². The van der Waals surface area contributed by atoms with E-state index in [4.69, 9.17) is 10.5 Å². The molecule has 18 heavy (non-hydrogen) atoms. The van der Waals surface area contributed by atoms with Crippen LogP contribution in [0.1, 0.15) is 31.2 Å². The third-order valence-corrected chi connectivity index (χ3v) is 3.52. The van der Waals surface area contributed by atoms with Crippen molar-refractivity contribution in [3.8, 4) is 0 Å². The van der Waals surface area contributed by atoms with Gasteiger partial charge >= 0.3 is 0 Å². The van der Waals surface area contributed by atoms with Gasteiger partial charge in [0.2, 0.25) is 0 Å². The molecule has 0 saturated heterocycles. The first-order valence-electron chi connectivity index (χ1n) is 6.28. The molecule has 0 aromatic heterocycles. The Morgan fingerprint density at radius 1 is 1.44 bits per heavy atom. The molecule has 0 heterocycles. The van der Waals surface area contributed by atoms with Crippen LogP contribution in [0.4, 0.5) is 11.4 Å². The molecule has 1 aliphatic carbocycles. The first-order chi connectivity index (χ1) is 8.68. The second kappa shape index (κ2) is 5.82. The lowest BCUT2D eigenvalue weighted by Gasteiger charge is -2.24. The van der Waals surface area contributed by atoms with E-state index in [9.17, 15) is 10.1 Å². The number of benzene rings is 1. The number of anilines is 1. The lowest BCUT2D eigenvalue weighted by molar-refractivity contribution is -0.384. The molecule has 0 spiro atoms. The number of nitrogen functional groups attached to an aromatic ring is 1. The molecule has 98 valence electrons. The van der Waals surface area contributed by atoms with Crippen molar-refractivity contribution in [3.05, 3.63) is 33.9 Å². The Morgan fingerprint density at radius 2 is 2.22 bits per heavy atom. The van der Waals surface area contributed by atoms with Gasteiger partial charge in [-0.05, 0) is 12.3 Å². The average Bonchev–Trinajstić information content (AvgIpc) is 2.28. The minimum atomic E-state index is -0.465. The van der Waals surface area contributed by atoms with E-state index in [-0.39, 0.29) is 11.4 Å². The predicted octanol–water partition coefficient (Wildman–Crippen LogP) is 2.88. The summed E-state index contributed by atoms with van der Waals surface area (Å²) in [6.45, 7) is 1.05. The van der Waals surface area contributed by atoms with Crippen LogP contribution in [0.2, 0.25) is 0 Å². The summed E-state index contributed by atoms with van der Waals surface area (Å²) < 4.78 is 5.54. The van der Waals surface area contributed by atoms with Gasteiger partial charge < -0.3 is 10.5 Å². The monoisotopic (exact) mass is 250 g/mol. The first kappa shape index (κ1) is 12.8. The highest BCUT2D eigenvalue weighted by Gasteiger charge is 2.17. The van der Waals surface area contributed by atoms with Gasteiger partial charge in [0.15, 0.2) is 0 Å². The van der Waals surface area contributed by atoms with Gasteiger partial charge in [0.1, 0.15) is 5.69 Å². The van der Waals surface area contributed by atoms with Crippen LogP contribution in [0.3, 0.4) is 0 Å². The zero-order chi connectivity index (χ0) is 13.0. The van der Waals surface area contributed by atoms with Crippen LogP contribution in [-0.4, -0.2) is 11.5 Å². The second-order valence-electron chi connectivity index (χ2n) is 4.75. The molecule has 1 aliphatic rings. The summed E-state index contributed by atoms with van der Waals surface area (Å²) >= 11 is 0. The molecule has 0 aliphatic heterocycles. The predicted molar refractivity (Wildman–Crippen MR) is 69.1 cm³/mol. The van der Waals surface area contributed by atoms with E-state index in [0.29, 0.717) is 18.8 Å². The molecule has 2 rings (SSSR count). The van der Waals surface area contributed by atoms with Gasteiger partial charge in [0.05, 0.1) is 11.5 Å². The van der Waals surface area contributed by atoms with Gasteiger partial charge in [0, 0.05) is 18.2 Å². The third-order valence-electron chi connectivity index (χ3n) is 3.52. The maximum absolute atomic E-state index is 10.7. The first-order valence-corrected chi connectivity index (χ1v) is 6.28. The van der Waals surface area contributed by atoms with E-state index in [1.165, 1.54) is 25.3 Å². The summed E-state index contributed by atoms with van der Waals surface area (Å²) in [6.07, 6.45) is 5.03. The highest BCUT2D eigenvalue weighted by Crippen LogP contribution is 2.29. The van der Waals surface area contributed by atoms with Crippen molar-refractivity contribution in [2.75, 3.05) is 12.3 Å². The lowest BCUT2D eigenvalue weighted by atomic mass is 9.83. The fourth-order valence-electron chi connectivity index (χ4n) is 2.10. The van der Waals surface area contributed by atoms with Gasteiger partial charge in [-0.2, -0.15) is 0 Å². The normalized spacial score (nSPS) is 15.3. The lowest BCUT2D eigenvalue weighted by Crippen LogP contribution is -2.13. The molecule has 0 amide bonds. The maximum Gasteiger partial charge on any atom is 0.292 e. The molecule has 2 N–H and O–H groups in total. The maximum atomic E-state index is 10.7. The Hall–Kier alpha value is -1.62. The number of hydrogen-bond acceptors (Lipinski definition) is 4. The molecule has 5 nitrogen and oxygen atoms in total. The molecule has 1 aromatic rings. The topological polar surface area (TPSA) is 78.4 Å². The minimum Gasteiger partial charge on any atom is -0.393 e. The van der Waals surface area contributed by atoms with Crippen LogP contribution in [0.15, 0.2) is 18.2 Å². The Morgan fingerprint density at radius 3 is 2.83 bits per heavy atom. The van der Waals surface area contributed by atoms with E-state index in [1.54, 1.807) is 12.1 Å². The fraction of sp³-hybridized carbons (Fsp3) is 0.538. The molecule has 0 unspecified atom stereocenters. The van der Waals surface area contributed by atoms with Crippen molar-refractivity contribution in [1.82, 2.24) is 0 Å². The van der Waals surface area contributed by atoms with E-state index < -0.39 is 4.92 Å². The van der Waals surface area contributed by atoms with Crippen LogP contribution < -0.4 is 5.73 Å². The number of nitrogens with zero attached hydrogens (tertiary/aromatic N) is 1. The number of nitro groups is 1. The number of nitro benzene ring substituents is 1. The number of rotatable bonds is 6. The van der Waals surface area contributed by atoms with Crippen molar-refractivity contribution in [1.29, 1.82) is 0 Å². The third kappa shape index (κ3) is 2.98. The summed E-state index contributed by atoms with van der Waals surface area (Å²) in [5.74, 6) is 0.812. The summed E-state index contributed by atoms with van der Waals surface area (Å²) in [5, 5.41) is 10.7. The van der Waals surface area contributed by atoms with Gasteiger partial charge in [-0.25, -0.2) is 0 Å². The molecule has 0 bridgehead atoms. The highest BCUT2D eigenvalue weighted by molar-refractivity contribution is 5.62. The van der Waals surface area contributed by atoms with Crippen LogP contribution in [-0.2, 0) is 11.3 Å². The standard InChI is InChI=1S/C13H18N2O3/c14-13-11(5-2-6-12(13)15(16)17)9-18-8-7-10-3-1-4-10/h2,5-6,10H,1,3-4,7-9,14H2. The van der Waals surface area contributed by atoms with Gasteiger partial charge in [-0.15, -0.1) is 0 Å². The van der Waals surface area contributed by atoms with Crippen molar-refractivity contribution in [2.45, 2.75) is 32.3 Å². The molecule has 1 fully saturated rings. The zero-order valence-corrected chi connectivity index (χ0v) is 10.3. The molecule has 1 saturated carbocycles. The number of para-hydroxylation sites is 1. The van der Waals surface area contributed by atoms with Gasteiger partial charge in [-0.1, -0.05) is 31.4 Å². The summed E-state index contributed by atoms with van der Waals surface area (Å²) in [4.78, 5) is 10.3. The highest BCUT2D eigenvalue weighted by atomic mass is 16.6. The van der Waals surface area contributed by atoms with E-state index in [1.807, 2.05) is 0 Å². The van der Waals surface area contributed by atoms with E-state index in [0.717, 1.165) is 12.3 Å². The molecule has 5 heteroatoms. The second-order valence-corrected chi connectivity index (χ2v) is 4.75. The van der Waals surface area contributed by atoms with Crippen molar-refractivity contribution < 1.29 is 9.66 Å². The largest absolute Gasteiger partial charge is 0.393 e. The Bertz CT molecular complexity index is 430. The summed E-state index contributed by atoms with van der Waals surface area (Å²) in [5.41, 5.74) is 6.60. The van der Waals surface area contributed by atoms with Crippen molar-refractivity contribution in [3.63, 3.8) is 0 Å². The molecule has 0 atom stereocenters. The van der Waals surface area contributed by atoms with E-state index in [2.05, 4.69) is 0 Å². The molecule has 0 radical (unpaired) electrons. The molecular formula is C13H18N2O3. The molecule has 1 aromatic carbocycles. The Kier molecular flexibility index (Phi) is 4.15. The van der Waals surface area contributed by atoms with Gasteiger partial charge in [0.25, 0.3) is 5.69 Å². The van der Waals surface area contributed by atoms with Crippen LogP contribution in [0, 0.1) is 16.0 Å². The minimum absolute atomic E-state index is 0.0462. The quantitative estimate of drug-likeness (QED) is 0.364. The van der Waals surface area contributed by atoms with Crippen LogP contribution in [0.25, 0.3) is 0 Å². The van der Waals surface area contributed by atoms with Crippen LogP contribution >= 0.6 is 0 Å². The smallest absolute Gasteiger partial charge is 0.292 e. The Balaban J connectivity index is 1.84. The summed E-state index contributed by atoms with van der Waals surface area (Å²) in [7, 11) is 0. The number of nitrogens with two attached hydrogens (primary N) is 1.